The van der Waals surface area contributed by atoms with Gasteiger partial charge in [-0.2, -0.15) is 0 Å². The van der Waals surface area contributed by atoms with Gasteiger partial charge in [-0.3, -0.25) is 9.59 Å². The summed E-state index contributed by atoms with van der Waals surface area (Å²) in [7, 11) is 0. The number of thioether (sulfide) groups is 1. The fourth-order valence-corrected chi connectivity index (χ4v) is 4.06. The molecule has 18 heavy (non-hydrogen) atoms. The molecule has 102 valence electrons. The lowest BCUT2D eigenvalue weighted by Gasteiger charge is -2.30. The average molecular weight is 271 g/mol. The quantitative estimate of drug-likeness (QED) is 0.824. The second kappa shape index (κ2) is 5.51. The van der Waals surface area contributed by atoms with E-state index in [0.29, 0.717) is 6.42 Å². The molecule has 5 heteroatoms. The number of nitrogens with one attached hydrogen (secondary N) is 1. The highest BCUT2D eigenvalue weighted by Crippen LogP contribution is 2.38. The van der Waals surface area contributed by atoms with Gasteiger partial charge in [0.2, 0.25) is 5.91 Å². The summed E-state index contributed by atoms with van der Waals surface area (Å²) in [6, 6.07) is 0.0466. The van der Waals surface area contributed by atoms with E-state index in [2.05, 4.69) is 5.32 Å². The van der Waals surface area contributed by atoms with Gasteiger partial charge < -0.3 is 10.4 Å². The minimum Gasteiger partial charge on any atom is -0.481 e. The van der Waals surface area contributed by atoms with Crippen molar-refractivity contribution >= 4 is 23.6 Å². The molecular weight excluding hydrogens is 250 g/mol. The van der Waals surface area contributed by atoms with E-state index in [4.69, 9.17) is 5.11 Å². The van der Waals surface area contributed by atoms with Gasteiger partial charge in [0.05, 0.1) is 10.7 Å². The van der Waals surface area contributed by atoms with Crippen LogP contribution in [0.15, 0.2) is 0 Å². The van der Waals surface area contributed by atoms with Crippen molar-refractivity contribution in [1.82, 2.24) is 5.32 Å². The average Bonchev–Trinajstić information content (AvgIpc) is 2.78. The van der Waals surface area contributed by atoms with Crippen molar-refractivity contribution < 1.29 is 14.7 Å². The molecule has 1 amide bonds. The molecule has 0 spiro atoms. The maximum atomic E-state index is 12.2. The molecule has 3 atom stereocenters. The van der Waals surface area contributed by atoms with Gasteiger partial charge in [0, 0.05) is 6.04 Å². The Morgan fingerprint density at radius 2 is 2.11 bits per heavy atom. The number of carboxylic acid groups (broad SMARTS) is 1. The lowest BCUT2D eigenvalue weighted by atomic mass is 9.85. The Kier molecular flexibility index (Phi) is 4.20. The predicted octanol–water partition coefficient (Wildman–Crippen LogP) is 2.03. The van der Waals surface area contributed by atoms with Gasteiger partial charge in [0.25, 0.3) is 0 Å². The number of carboxylic acids is 1. The van der Waals surface area contributed by atoms with Gasteiger partial charge >= 0.3 is 5.97 Å². The minimum atomic E-state index is -0.726. The van der Waals surface area contributed by atoms with Gasteiger partial charge in [0.15, 0.2) is 0 Å². The van der Waals surface area contributed by atoms with E-state index in [9.17, 15) is 9.59 Å². The van der Waals surface area contributed by atoms with Gasteiger partial charge in [0.1, 0.15) is 0 Å². The summed E-state index contributed by atoms with van der Waals surface area (Å²) in [6.45, 7) is 2.00. The van der Waals surface area contributed by atoms with Crippen molar-refractivity contribution in [3.8, 4) is 0 Å². The number of hydrogen-bond donors (Lipinski definition) is 2. The summed E-state index contributed by atoms with van der Waals surface area (Å²) >= 11 is 1.72. The van der Waals surface area contributed by atoms with E-state index >= 15 is 0 Å². The van der Waals surface area contributed by atoms with Crippen LogP contribution in [0.5, 0.6) is 0 Å². The minimum absolute atomic E-state index is 0.0466. The molecule has 1 saturated heterocycles. The summed E-state index contributed by atoms with van der Waals surface area (Å²) in [5.41, 5.74) is 0. The Labute approximate surface area is 112 Å². The Balaban J connectivity index is 1.89. The van der Waals surface area contributed by atoms with Crippen LogP contribution >= 0.6 is 11.8 Å². The predicted molar refractivity (Wildman–Crippen MR) is 71.6 cm³/mol. The molecule has 2 fully saturated rings. The Bertz CT molecular complexity index is 339. The van der Waals surface area contributed by atoms with Gasteiger partial charge in [-0.05, 0) is 44.8 Å². The van der Waals surface area contributed by atoms with Gasteiger partial charge in [-0.25, -0.2) is 0 Å². The molecule has 2 N–H and O–H groups in total. The lowest BCUT2D eigenvalue weighted by molar-refractivity contribution is -0.143. The van der Waals surface area contributed by atoms with E-state index in [1.807, 2.05) is 6.92 Å². The number of hydrogen-bond acceptors (Lipinski definition) is 3. The van der Waals surface area contributed by atoms with E-state index in [-0.39, 0.29) is 22.6 Å². The maximum absolute atomic E-state index is 12.2. The molecule has 0 aromatic heterocycles. The zero-order valence-electron chi connectivity index (χ0n) is 10.8. The second-order valence-corrected chi connectivity index (χ2v) is 7.15. The Morgan fingerprint density at radius 3 is 2.72 bits per heavy atom. The largest absolute Gasteiger partial charge is 0.481 e. The first kappa shape index (κ1) is 13.7. The molecule has 0 radical (unpaired) electrons. The molecule has 0 aromatic carbocycles. The molecule has 2 rings (SSSR count). The molecule has 1 saturated carbocycles. The van der Waals surface area contributed by atoms with E-state index in [1.54, 1.807) is 11.8 Å². The monoisotopic (exact) mass is 271 g/mol. The Hall–Kier alpha value is -0.710. The number of carbonyl (C=O) groups excluding carboxylic acids is 1. The third-order valence-corrected chi connectivity index (χ3v) is 5.58. The molecule has 1 heterocycles. The molecule has 2 aliphatic rings. The fraction of sp³-hybridized carbons (Fsp3) is 0.846. The number of amides is 1. The molecule has 0 aromatic rings. The maximum Gasteiger partial charge on any atom is 0.306 e. The smallest absolute Gasteiger partial charge is 0.306 e. The highest BCUT2D eigenvalue weighted by atomic mass is 32.2. The number of rotatable bonds is 3. The van der Waals surface area contributed by atoms with Crippen LogP contribution in [0.2, 0.25) is 0 Å². The topological polar surface area (TPSA) is 66.4 Å². The zero-order chi connectivity index (χ0) is 13.2. The molecular formula is C13H21NO3S. The molecule has 1 aliphatic heterocycles. The standard InChI is InChI=1S/C13H21NO3S/c1-13(6-3-7-18-13)12(17)14-10-5-2-4-9(8-10)11(15)16/h9-10H,2-8H2,1H3,(H,14,17)(H,15,16). The van der Waals surface area contributed by atoms with Gasteiger partial charge in [-0.15, -0.1) is 11.8 Å². The van der Waals surface area contributed by atoms with Crippen molar-refractivity contribution in [3.05, 3.63) is 0 Å². The van der Waals surface area contributed by atoms with Crippen LogP contribution in [0.25, 0.3) is 0 Å². The first-order valence-electron chi connectivity index (χ1n) is 6.69. The molecule has 1 aliphatic carbocycles. The first-order chi connectivity index (χ1) is 8.51. The highest BCUT2D eigenvalue weighted by Gasteiger charge is 2.39. The molecule has 3 unspecified atom stereocenters. The summed E-state index contributed by atoms with van der Waals surface area (Å²) < 4.78 is -0.295. The van der Waals surface area contributed by atoms with Crippen LogP contribution in [0.1, 0.15) is 45.4 Å². The summed E-state index contributed by atoms with van der Waals surface area (Å²) in [6.07, 6.45) is 5.16. The summed E-state index contributed by atoms with van der Waals surface area (Å²) in [5.74, 6) is 0.135. The number of aliphatic carboxylic acids is 1. The van der Waals surface area contributed by atoms with E-state index < -0.39 is 5.97 Å². The Morgan fingerprint density at radius 1 is 1.33 bits per heavy atom. The van der Waals surface area contributed by atoms with Crippen LogP contribution in [-0.2, 0) is 9.59 Å². The van der Waals surface area contributed by atoms with Crippen LogP contribution in [0, 0.1) is 5.92 Å². The lowest BCUT2D eigenvalue weighted by Crippen LogP contribution is -2.47. The van der Waals surface area contributed by atoms with Crippen molar-refractivity contribution in [1.29, 1.82) is 0 Å². The highest BCUT2D eigenvalue weighted by molar-refractivity contribution is 8.01. The van der Waals surface area contributed by atoms with Crippen LogP contribution < -0.4 is 5.32 Å². The second-order valence-electron chi connectivity index (χ2n) is 5.56. The van der Waals surface area contributed by atoms with Crippen LogP contribution in [0.3, 0.4) is 0 Å². The van der Waals surface area contributed by atoms with Crippen molar-refractivity contribution in [3.63, 3.8) is 0 Å². The zero-order valence-corrected chi connectivity index (χ0v) is 11.6. The molecule has 0 bridgehead atoms. The van der Waals surface area contributed by atoms with Gasteiger partial charge in [-0.1, -0.05) is 6.42 Å². The third-order valence-electron chi connectivity index (χ3n) is 4.06. The van der Waals surface area contributed by atoms with Crippen molar-refractivity contribution in [2.45, 2.75) is 56.2 Å². The SMILES string of the molecule is CC1(C(=O)NC2CCCC(C(=O)O)C2)CCCS1. The van der Waals surface area contributed by atoms with E-state index in [0.717, 1.165) is 37.9 Å². The number of carbonyl (C=O) groups is 2. The molecule has 4 nitrogen and oxygen atoms in total. The van der Waals surface area contributed by atoms with Crippen LogP contribution in [0.4, 0.5) is 0 Å². The third kappa shape index (κ3) is 2.99. The summed E-state index contributed by atoms with van der Waals surface area (Å²) in [4.78, 5) is 23.2. The normalized spacial score (nSPS) is 36.3. The fourth-order valence-electron chi connectivity index (χ4n) is 2.84. The van der Waals surface area contributed by atoms with E-state index in [1.165, 1.54) is 0 Å². The van der Waals surface area contributed by atoms with Crippen LogP contribution in [-0.4, -0.2) is 33.5 Å². The summed E-state index contributed by atoms with van der Waals surface area (Å²) in [5, 5.41) is 12.1. The first-order valence-corrected chi connectivity index (χ1v) is 7.67. The van der Waals surface area contributed by atoms with Crippen molar-refractivity contribution in [2.75, 3.05) is 5.75 Å². The van der Waals surface area contributed by atoms with Crippen molar-refractivity contribution in [2.24, 2.45) is 5.92 Å².